The summed E-state index contributed by atoms with van der Waals surface area (Å²) in [7, 11) is 0. The summed E-state index contributed by atoms with van der Waals surface area (Å²) >= 11 is 0. The number of hydrogen-bond donors (Lipinski definition) is 2. The fourth-order valence-corrected chi connectivity index (χ4v) is 6.70. The van der Waals surface area contributed by atoms with Crippen LogP contribution in [0.1, 0.15) is 48.2 Å². The van der Waals surface area contributed by atoms with Crippen molar-refractivity contribution in [2.45, 2.75) is 43.2 Å². The number of nitrogens with one attached hydrogen (secondary N) is 2. The topological polar surface area (TPSA) is 71.4 Å². The number of hydrogen-bond acceptors (Lipinski definition) is 4. The minimum atomic E-state index is -0.367. The largest absolute Gasteiger partial charge is 0.381 e. The number of aromatic nitrogens is 2. The van der Waals surface area contributed by atoms with Gasteiger partial charge in [0.05, 0.1) is 11.2 Å². The Morgan fingerprint density at radius 1 is 0.973 bits per heavy atom. The first kappa shape index (κ1) is 22.6. The second kappa shape index (κ2) is 8.77. The molecule has 2 fully saturated rings. The van der Waals surface area contributed by atoms with E-state index in [1.165, 1.54) is 28.1 Å². The first-order valence-electron chi connectivity index (χ1n) is 13.5. The number of fused-ring (bicyclic) bond motifs is 3. The van der Waals surface area contributed by atoms with E-state index in [0.29, 0.717) is 13.2 Å². The number of benzene rings is 2. The highest BCUT2D eigenvalue weighted by molar-refractivity contribution is 5.89. The lowest BCUT2D eigenvalue weighted by molar-refractivity contribution is 0.0388. The Morgan fingerprint density at radius 2 is 1.76 bits per heavy atom. The molecule has 7 heteroatoms. The van der Waals surface area contributed by atoms with E-state index in [-0.39, 0.29) is 17.0 Å². The maximum atomic E-state index is 13.6. The lowest BCUT2D eigenvalue weighted by Gasteiger charge is -2.39. The van der Waals surface area contributed by atoms with Crippen molar-refractivity contribution < 1.29 is 9.53 Å². The van der Waals surface area contributed by atoms with Gasteiger partial charge in [-0.15, -0.1) is 0 Å². The van der Waals surface area contributed by atoms with Crippen molar-refractivity contribution in [1.82, 2.24) is 20.0 Å². The fourth-order valence-electron chi connectivity index (χ4n) is 6.70. The Balaban J connectivity index is 1.11. The number of aryl methyl sites for hydroxylation is 1. The zero-order valence-corrected chi connectivity index (χ0v) is 21.1. The molecule has 2 amide bonds. The summed E-state index contributed by atoms with van der Waals surface area (Å²) in [5, 5.41) is 12.0. The van der Waals surface area contributed by atoms with E-state index in [0.717, 1.165) is 57.6 Å². The summed E-state index contributed by atoms with van der Waals surface area (Å²) in [5.41, 5.74) is 6.70. The van der Waals surface area contributed by atoms with E-state index >= 15 is 0 Å². The molecule has 4 aliphatic rings. The minimum absolute atomic E-state index is 0.0151. The number of urea groups is 1. The summed E-state index contributed by atoms with van der Waals surface area (Å²) in [6, 6.07) is 21.1. The Morgan fingerprint density at radius 3 is 2.62 bits per heavy atom. The van der Waals surface area contributed by atoms with Gasteiger partial charge in [-0.05, 0) is 60.6 Å². The standard InChI is InChI=1S/C30H33N5O2/c36-28(32-30(12-16-37-17-13-30)24-7-2-1-3-8-24)34-14-10-29(21-34)11-15-35-27(29)19-26(33-35)23-18-22-6-4-5-9-25(22)31-20-23/h1-9,18-19,31H,10-17,20-21H2,(H,32,36). The quantitative estimate of drug-likeness (QED) is 0.557. The summed E-state index contributed by atoms with van der Waals surface area (Å²) in [5.74, 6) is 0. The summed E-state index contributed by atoms with van der Waals surface area (Å²) in [6.45, 7) is 4.52. The molecule has 2 saturated heterocycles. The van der Waals surface area contributed by atoms with Crippen LogP contribution in [0.5, 0.6) is 0 Å². The molecule has 2 N–H and O–H groups in total. The van der Waals surface area contributed by atoms with Crippen LogP contribution in [0.15, 0.2) is 60.7 Å². The molecule has 1 atom stereocenters. The first-order valence-corrected chi connectivity index (χ1v) is 13.5. The van der Waals surface area contributed by atoms with Crippen LogP contribution in [0, 0.1) is 0 Å². The van der Waals surface area contributed by atoms with Gasteiger partial charge in [-0.3, -0.25) is 4.68 Å². The van der Waals surface area contributed by atoms with Crippen molar-refractivity contribution >= 4 is 23.4 Å². The van der Waals surface area contributed by atoms with E-state index in [1.807, 2.05) is 11.0 Å². The van der Waals surface area contributed by atoms with Crippen LogP contribution in [-0.2, 0) is 22.2 Å². The van der Waals surface area contributed by atoms with Crippen LogP contribution in [-0.4, -0.2) is 53.6 Å². The average Bonchev–Trinajstić information content (AvgIpc) is 3.66. The molecule has 7 nitrogen and oxygen atoms in total. The molecular formula is C30H33N5O2. The number of carbonyl (C=O) groups excluding carboxylic acids is 1. The number of para-hydroxylation sites is 1. The number of anilines is 1. The predicted octanol–water partition coefficient (Wildman–Crippen LogP) is 4.61. The van der Waals surface area contributed by atoms with Gasteiger partial charge in [0.2, 0.25) is 0 Å². The third kappa shape index (κ3) is 3.84. The summed E-state index contributed by atoms with van der Waals surface area (Å²) in [4.78, 5) is 15.7. The molecule has 1 unspecified atom stereocenters. The zero-order valence-electron chi connectivity index (χ0n) is 21.1. The van der Waals surface area contributed by atoms with E-state index in [9.17, 15) is 4.79 Å². The lowest BCUT2D eigenvalue weighted by atomic mass is 9.82. The fraction of sp³-hybridized carbons (Fsp3) is 0.400. The van der Waals surface area contributed by atoms with Crippen LogP contribution >= 0.6 is 0 Å². The average molecular weight is 496 g/mol. The molecule has 3 aromatic rings. The number of carbonyl (C=O) groups is 1. The maximum Gasteiger partial charge on any atom is 0.318 e. The molecule has 0 saturated carbocycles. The second-order valence-corrected chi connectivity index (χ2v) is 10.9. The molecule has 190 valence electrons. The van der Waals surface area contributed by atoms with Crippen LogP contribution < -0.4 is 10.6 Å². The number of nitrogens with zero attached hydrogens (tertiary/aromatic N) is 3. The molecule has 37 heavy (non-hydrogen) atoms. The second-order valence-electron chi connectivity index (χ2n) is 10.9. The van der Waals surface area contributed by atoms with Crippen LogP contribution in [0.25, 0.3) is 11.6 Å². The number of likely N-dealkylation sites (tertiary alicyclic amines) is 1. The van der Waals surface area contributed by atoms with Crippen LogP contribution in [0.4, 0.5) is 10.5 Å². The van der Waals surface area contributed by atoms with Crippen molar-refractivity contribution in [3.8, 4) is 0 Å². The van der Waals surface area contributed by atoms with E-state index in [4.69, 9.17) is 9.84 Å². The van der Waals surface area contributed by atoms with Gasteiger partial charge in [-0.1, -0.05) is 48.5 Å². The minimum Gasteiger partial charge on any atom is -0.381 e. The Kier molecular flexibility index (Phi) is 5.36. The van der Waals surface area contributed by atoms with Gasteiger partial charge in [-0.25, -0.2) is 4.79 Å². The molecule has 0 aliphatic carbocycles. The Bertz CT molecular complexity index is 1360. The molecule has 7 rings (SSSR count). The van der Waals surface area contributed by atoms with Crippen molar-refractivity contribution in [3.63, 3.8) is 0 Å². The zero-order chi connectivity index (χ0) is 24.9. The van der Waals surface area contributed by atoms with Crippen molar-refractivity contribution in [3.05, 3.63) is 83.2 Å². The van der Waals surface area contributed by atoms with Gasteiger partial charge in [0.15, 0.2) is 0 Å². The SMILES string of the molecule is O=C(NC1(c2ccccc2)CCOCC1)N1CCC2(CCn3nc(C4=Cc5ccccc5NC4)cc32)C1. The third-order valence-corrected chi connectivity index (χ3v) is 8.87. The van der Waals surface area contributed by atoms with Crippen molar-refractivity contribution in [2.75, 3.05) is 38.2 Å². The molecule has 1 aromatic heterocycles. The summed E-state index contributed by atoms with van der Waals surface area (Å²) < 4.78 is 7.84. The molecule has 0 radical (unpaired) electrons. The van der Waals surface area contributed by atoms with Gasteiger partial charge in [0, 0.05) is 56.2 Å². The third-order valence-electron chi connectivity index (χ3n) is 8.87. The van der Waals surface area contributed by atoms with E-state index in [2.05, 4.69) is 76.0 Å². The van der Waals surface area contributed by atoms with E-state index < -0.39 is 0 Å². The highest BCUT2D eigenvalue weighted by Crippen LogP contribution is 2.44. The van der Waals surface area contributed by atoms with Gasteiger partial charge in [-0.2, -0.15) is 5.10 Å². The highest BCUT2D eigenvalue weighted by Gasteiger charge is 2.48. The first-order chi connectivity index (χ1) is 18.1. The van der Waals surface area contributed by atoms with Crippen molar-refractivity contribution in [1.29, 1.82) is 0 Å². The molecular weight excluding hydrogens is 462 g/mol. The van der Waals surface area contributed by atoms with E-state index in [1.54, 1.807) is 0 Å². The molecule has 1 spiro atoms. The highest BCUT2D eigenvalue weighted by atomic mass is 16.5. The summed E-state index contributed by atoms with van der Waals surface area (Å²) in [6.07, 6.45) is 5.86. The van der Waals surface area contributed by atoms with Gasteiger partial charge in [0.1, 0.15) is 0 Å². The Hall–Kier alpha value is -3.58. The Labute approximate surface area is 217 Å². The van der Waals surface area contributed by atoms with Crippen molar-refractivity contribution in [2.24, 2.45) is 0 Å². The monoisotopic (exact) mass is 495 g/mol. The maximum absolute atomic E-state index is 13.6. The smallest absolute Gasteiger partial charge is 0.318 e. The number of rotatable bonds is 3. The number of ether oxygens (including phenoxy) is 1. The predicted molar refractivity (Wildman–Crippen MR) is 144 cm³/mol. The van der Waals surface area contributed by atoms with Crippen LogP contribution in [0.3, 0.4) is 0 Å². The number of amides is 2. The van der Waals surface area contributed by atoms with Crippen LogP contribution in [0.2, 0.25) is 0 Å². The normalized spacial score (nSPS) is 23.8. The molecule has 0 bridgehead atoms. The molecule has 2 aromatic carbocycles. The van der Waals surface area contributed by atoms with Gasteiger partial charge in [0.25, 0.3) is 0 Å². The lowest BCUT2D eigenvalue weighted by Crippen LogP contribution is -2.53. The van der Waals surface area contributed by atoms with Gasteiger partial charge >= 0.3 is 6.03 Å². The molecule has 5 heterocycles. The molecule has 4 aliphatic heterocycles. The van der Waals surface area contributed by atoms with Gasteiger partial charge < -0.3 is 20.3 Å².